The summed E-state index contributed by atoms with van der Waals surface area (Å²) in [6.45, 7) is 2.75. The summed E-state index contributed by atoms with van der Waals surface area (Å²) in [5.74, 6) is 0.440. The molecule has 0 heterocycles. The second-order valence-corrected chi connectivity index (χ2v) is 4.98. The molecule has 0 saturated heterocycles. The number of carbonyl (C=O) groups excluding carboxylic acids is 1. The highest BCUT2D eigenvalue weighted by atomic mass is 16.3. The van der Waals surface area contributed by atoms with Crippen molar-refractivity contribution >= 4 is 11.5 Å². The topological polar surface area (TPSA) is 49.3 Å². The van der Waals surface area contributed by atoms with Crippen LogP contribution in [0.2, 0.25) is 0 Å². The first kappa shape index (κ1) is 13.7. The van der Waals surface area contributed by atoms with Crippen LogP contribution in [0.1, 0.15) is 43.7 Å². The molecule has 1 aromatic carbocycles. The number of phenolic OH excluding ortho intramolecular Hbond substituents is 1. The largest absolute Gasteiger partial charge is 0.508 e. The van der Waals surface area contributed by atoms with E-state index in [2.05, 4.69) is 18.3 Å². The van der Waals surface area contributed by atoms with Gasteiger partial charge in [-0.25, -0.2) is 0 Å². The Labute approximate surface area is 114 Å². The first-order valence-electron chi connectivity index (χ1n) is 6.98. The number of carbonyl (C=O) groups is 1. The quantitative estimate of drug-likeness (QED) is 0.825. The molecule has 0 aliphatic heterocycles. The molecule has 1 amide bonds. The molecular weight excluding hydrogens is 238 g/mol. The first-order chi connectivity index (χ1) is 9.20. The normalized spacial score (nSPS) is 13.0. The lowest BCUT2D eigenvalue weighted by molar-refractivity contribution is -0.121. The Bertz CT molecular complexity index is 492. The number of phenols is 1. The molecule has 1 aliphatic carbocycles. The maximum Gasteiger partial charge on any atom is 0.220 e. The van der Waals surface area contributed by atoms with Crippen molar-refractivity contribution in [3.63, 3.8) is 0 Å². The van der Waals surface area contributed by atoms with Crippen LogP contribution < -0.4 is 5.32 Å². The molecule has 0 aromatic heterocycles. The highest BCUT2D eigenvalue weighted by Crippen LogP contribution is 2.31. The predicted octanol–water partition coefficient (Wildman–Crippen LogP) is 3.03. The van der Waals surface area contributed by atoms with Crippen molar-refractivity contribution in [2.75, 3.05) is 6.54 Å². The first-order valence-corrected chi connectivity index (χ1v) is 6.98. The minimum absolute atomic E-state index is 0.136. The van der Waals surface area contributed by atoms with Crippen molar-refractivity contribution in [1.29, 1.82) is 0 Å². The lowest BCUT2D eigenvalue weighted by atomic mass is 10.0. The summed E-state index contributed by atoms with van der Waals surface area (Å²) in [5.41, 5.74) is 3.61. The zero-order chi connectivity index (χ0) is 13.7. The van der Waals surface area contributed by atoms with Crippen LogP contribution in [0.4, 0.5) is 0 Å². The van der Waals surface area contributed by atoms with Crippen LogP contribution in [0.15, 0.2) is 24.3 Å². The molecule has 3 heteroatoms. The van der Waals surface area contributed by atoms with E-state index in [9.17, 15) is 9.90 Å². The Balaban J connectivity index is 1.83. The van der Waals surface area contributed by atoms with Crippen molar-refractivity contribution in [3.8, 4) is 5.75 Å². The molecule has 0 bridgehead atoms. The number of nitrogens with one attached hydrogen (secondary N) is 1. The van der Waals surface area contributed by atoms with Crippen LogP contribution >= 0.6 is 0 Å². The Kier molecular flexibility index (Phi) is 4.61. The number of amides is 1. The Morgan fingerprint density at radius 3 is 3.05 bits per heavy atom. The molecule has 2 rings (SSSR count). The fraction of sp³-hybridized carbons (Fsp3) is 0.438. The number of hydrogen-bond donors (Lipinski definition) is 2. The molecule has 1 aromatic rings. The van der Waals surface area contributed by atoms with Gasteiger partial charge in [0, 0.05) is 13.0 Å². The second-order valence-electron chi connectivity index (χ2n) is 4.98. The summed E-state index contributed by atoms with van der Waals surface area (Å²) in [7, 11) is 0. The van der Waals surface area contributed by atoms with Crippen LogP contribution in [-0.2, 0) is 11.2 Å². The van der Waals surface area contributed by atoms with E-state index in [0.717, 1.165) is 31.2 Å². The van der Waals surface area contributed by atoms with Gasteiger partial charge in [-0.3, -0.25) is 4.79 Å². The molecule has 0 unspecified atom stereocenters. The molecule has 19 heavy (non-hydrogen) atoms. The lowest BCUT2D eigenvalue weighted by Crippen LogP contribution is -2.24. The van der Waals surface area contributed by atoms with Crippen molar-refractivity contribution in [2.45, 2.75) is 39.0 Å². The van der Waals surface area contributed by atoms with Crippen LogP contribution in [0.3, 0.4) is 0 Å². The molecule has 0 radical (unpaired) electrons. The van der Waals surface area contributed by atoms with Gasteiger partial charge in [-0.15, -0.1) is 0 Å². The number of aromatic hydroxyl groups is 1. The van der Waals surface area contributed by atoms with Crippen molar-refractivity contribution in [1.82, 2.24) is 5.32 Å². The van der Waals surface area contributed by atoms with Crippen molar-refractivity contribution in [3.05, 3.63) is 35.4 Å². The summed E-state index contributed by atoms with van der Waals surface area (Å²) in [4.78, 5) is 11.5. The molecule has 0 saturated carbocycles. The highest BCUT2D eigenvalue weighted by molar-refractivity contribution is 5.77. The Morgan fingerprint density at radius 2 is 2.26 bits per heavy atom. The maximum atomic E-state index is 11.5. The SMILES string of the molecule is CCCCC(=O)NCCC1=CCc2ccc(O)cc21. The average Bonchev–Trinajstić information content (AvgIpc) is 2.79. The van der Waals surface area contributed by atoms with Gasteiger partial charge in [0.25, 0.3) is 0 Å². The van der Waals surface area contributed by atoms with E-state index >= 15 is 0 Å². The molecule has 2 N–H and O–H groups in total. The van der Waals surface area contributed by atoms with Crippen LogP contribution in [0, 0.1) is 0 Å². The van der Waals surface area contributed by atoms with Crippen LogP contribution in [0.5, 0.6) is 5.75 Å². The summed E-state index contributed by atoms with van der Waals surface area (Å²) in [6.07, 6.45) is 6.55. The second kappa shape index (κ2) is 6.41. The van der Waals surface area contributed by atoms with Gasteiger partial charge in [0.05, 0.1) is 0 Å². The zero-order valence-corrected chi connectivity index (χ0v) is 11.4. The monoisotopic (exact) mass is 259 g/mol. The molecule has 1 aliphatic rings. The third kappa shape index (κ3) is 3.60. The van der Waals surface area contributed by atoms with E-state index in [4.69, 9.17) is 0 Å². The summed E-state index contributed by atoms with van der Waals surface area (Å²) in [5, 5.41) is 12.5. The van der Waals surface area contributed by atoms with Gasteiger partial charge in [-0.2, -0.15) is 0 Å². The number of benzene rings is 1. The van der Waals surface area contributed by atoms with Gasteiger partial charge >= 0.3 is 0 Å². The van der Waals surface area contributed by atoms with E-state index in [-0.39, 0.29) is 5.91 Å². The predicted molar refractivity (Wildman–Crippen MR) is 76.9 cm³/mol. The molecule has 102 valence electrons. The smallest absolute Gasteiger partial charge is 0.220 e. The molecule has 0 spiro atoms. The summed E-state index contributed by atoms with van der Waals surface area (Å²) < 4.78 is 0. The lowest BCUT2D eigenvalue weighted by Gasteiger charge is -2.08. The van der Waals surface area contributed by atoms with Crippen LogP contribution in [0.25, 0.3) is 5.57 Å². The van der Waals surface area contributed by atoms with E-state index < -0.39 is 0 Å². The maximum absolute atomic E-state index is 11.5. The van der Waals surface area contributed by atoms with Crippen LogP contribution in [-0.4, -0.2) is 17.6 Å². The van der Waals surface area contributed by atoms with Gasteiger partial charge in [0.1, 0.15) is 5.75 Å². The third-order valence-electron chi connectivity index (χ3n) is 3.48. The van der Waals surface area contributed by atoms with Crippen molar-refractivity contribution < 1.29 is 9.90 Å². The standard InChI is InChI=1S/C16H21NO2/c1-2-3-4-16(19)17-10-9-13-6-5-12-7-8-14(18)11-15(12)13/h6-8,11,18H,2-5,9-10H2,1H3,(H,17,19). The summed E-state index contributed by atoms with van der Waals surface area (Å²) in [6, 6.07) is 5.50. The fourth-order valence-electron chi connectivity index (χ4n) is 2.38. The number of fused-ring (bicyclic) bond motifs is 1. The molecule has 0 atom stereocenters. The number of hydrogen-bond acceptors (Lipinski definition) is 2. The highest BCUT2D eigenvalue weighted by Gasteiger charge is 2.14. The number of rotatable bonds is 6. The van der Waals surface area contributed by atoms with Gasteiger partial charge in [-0.1, -0.05) is 25.5 Å². The Morgan fingerprint density at radius 1 is 1.42 bits per heavy atom. The Hall–Kier alpha value is -1.77. The van der Waals surface area contributed by atoms with Crippen molar-refractivity contribution in [2.24, 2.45) is 0 Å². The molecular formula is C16H21NO2. The van der Waals surface area contributed by atoms with E-state index in [0.29, 0.717) is 18.7 Å². The van der Waals surface area contributed by atoms with Gasteiger partial charge in [-0.05, 0) is 48.1 Å². The summed E-state index contributed by atoms with van der Waals surface area (Å²) >= 11 is 0. The zero-order valence-electron chi connectivity index (χ0n) is 11.4. The van der Waals surface area contributed by atoms with Gasteiger partial charge in [0.2, 0.25) is 5.91 Å². The number of unbranched alkanes of at least 4 members (excludes halogenated alkanes) is 1. The fourth-order valence-corrected chi connectivity index (χ4v) is 2.38. The van der Waals surface area contributed by atoms with Gasteiger partial charge < -0.3 is 10.4 Å². The van der Waals surface area contributed by atoms with E-state index in [1.165, 1.54) is 11.1 Å². The van der Waals surface area contributed by atoms with E-state index in [1.54, 1.807) is 6.07 Å². The number of allylic oxidation sites excluding steroid dienone is 1. The van der Waals surface area contributed by atoms with Gasteiger partial charge in [0.15, 0.2) is 0 Å². The minimum Gasteiger partial charge on any atom is -0.508 e. The average molecular weight is 259 g/mol. The van der Waals surface area contributed by atoms with E-state index in [1.807, 2.05) is 12.1 Å². The molecule has 0 fully saturated rings. The minimum atomic E-state index is 0.136. The molecule has 3 nitrogen and oxygen atoms in total. The third-order valence-corrected chi connectivity index (χ3v) is 3.48.